The van der Waals surface area contributed by atoms with Gasteiger partial charge in [-0.1, -0.05) is 25.8 Å². The van der Waals surface area contributed by atoms with Crippen molar-refractivity contribution in [1.82, 2.24) is 0 Å². The quantitative estimate of drug-likeness (QED) is 0.790. The lowest BCUT2D eigenvalue weighted by Crippen LogP contribution is -2.39. The fourth-order valence-electron chi connectivity index (χ4n) is 3.05. The molecular formula is C15H24N2. The molecule has 0 spiro atoms. The molecule has 0 heterocycles. The monoisotopic (exact) mass is 232 g/mol. The third kappa shape index (κ3) is 2.56. The molecule has 94 valence electrons. The zero-order valence-corrected chi connectivity index (χ0v) is 11.2. The van der Waals surface area contributed by atoms with Gasteiger partial charge in [-0.05, 0) is 43.4 Å². The zero-order valence-electron chi connectivity index (χ0n) is 11.2. The van der Waals surface area contributed by atoms with Crippen LogP contribution in [0.3, 0.4) is 0 Å². The number of hydrogen-bond donors (Lipinski definition) is 1. The first kappa shape index (κ1) is 12.3. The van der Waals surface area contributed by atoms with Crippen molar-refractivity contribution in [2.24, 2.45) is 5.92 Å². The van der Waals surface area contributed by atoms with Gasteiger partial charge in [-0.25, -0.2) is 0 Å². The summed E-state index contributed by atoms with van der Waals surface area (Å²) in [6.45, 7) is 4.45. The van der Waals surface area contributed by atoms with Gasteiger partial charge in [0.2, 0.25) is 0 Å². The number of nitrogens with zero attached hydrogens (tertiary/aromatic N) is 1. The lowest BCUT2D eigenvalue weighted by atomic mass is 9.85. The van der Waals surface area contributed by atoms with Gasteiger partial charge < -0.3 is 10.6 Å². The second kappa shape index (κ2) is 4.99. The van der Waals surface area contributed by atoms with Crippen molar-refractivity contribution in [1.29, 1.82) is 0 Å². The van der Waals surface area contributed by atoms with Gasteiger partial charge in [0.1, 0.15) is 0 Å². The third-order valence-corrected chi connectivity index (χ3v) is 4.13. The van der Waals surface area contributed by atoms with E-state index in [-0.39, 0.29) is 0 Å². The van der Waals surface area contributed by atoms with Crippen molar-refractivity contribution in [2.75, 3.05) is 17.7 Å². The summed E-state index contributed by atoms with van der Waals surface area (Å²) in [6, 6.07) is 7.02. The summed E-state index contributed by atoms with van der Waals surface area (Å²) in [5.41, 5.74) is 9.46. The van der Waals surface area contributed by atoms with Crippen molar-refractivity contribution >= 4 is 11.4 Å². The van der Waals surface area contributed by atoms with Crippen molar-refractivity contribution < 1.29 is 0 Å². The smallest absolute Gasteiger partial charge is 0.0600 e. The third-order valence-electron chi connectivity index (χ3n) is 4.13. The minimum Gasteiger partial charge on any atom is -0.397 e. The van der Waals surface area contributed by atoms with Gasteiger partial charge in [-0.3, -0.25) is 0 Å². The fraction of sp³-hybridized carbons (Fsp3) is 0.600. The number of aryl methyl sites for hydroxylation is 1. The number of benzene rings is 1. The van der Waals surface area contributed by atoms with E-state index in [1.54, 1.807) is 0 Å². The molecule has 2 heteroatoms. The lowest BCUT2D eigenvalue weighted by Gasteiger charge is -2.38. The molecule has 2 rings (SSSR count). The maximum absolute atomic E-state index is 6.13. The summed E-state index contributed by atoms with van der Waals surface area (Å²) in [7, 11) is 2.19. The van der Waals surface area contributed by atoms with Crippen LogP contribution in [0, 0.1) is 12.8 Å². The van der Waals surface area contributed by atoms with Crippen LogP contribution in [0.1, 0.15) is 38.2 Å². The number of hydrogen-bond acceptors (Lipinski definition) is 2. The van der Waals surface area contributed by atoms with E-state index in [2.05, 4.69) is 44.0 Å². The highest BCUT2D eigenvalue weighted by molar-refractivity contribution is 5.68. The van der Waals surface area contributed by atoms with Crippen LogP contribution in [0.4, 0.5) is 11.4 Å². The van der Waals surface area contributed by atoms with E-state index in [1.165, 1.54) is 36.9 Å². The summed E-state index contributed by atoms with van der Waals surface area (Å²) in [4.78, 5) is 2.39. The van der Waals surface area contributed by atoms with Crippen LogP contribution in [0.5, 0.6) is 0 Å². The maximum atomic E-state index is 6.13. The number of anilines is 2. The van der Waals surface area contributed by atoms with Crippen molar-refractivity contribution in [3.8, 4) is 0 Å². The van der Waals surface area contributed by atoms with Gasteiger partial charge in [0, 0.05) is 13.1 Å². The van der Waals surface area contributed by atoms with Crippen LogP contribution >= 0.6 is 0 Å². The Morgan fingerprint density at radius 3 is 2.59 bits per heavy atom. The molecule has 2 nitrogen and oxygen atoms in total. The van der Waals surface area contributed by atoms with Gasteiger partial charge in [0.15, 0.2) is 0 Å². The Hall–Kier alpha value is -1.18. The normalized spacial score (nSPS) is 24.6. The van der Waals surface area contributed by atoms with Crippen molar-refractivity contribution in [3.05, 3.63) is 23.8 Å². The van der Waals surface area contributed by atoms with E-state index < -0.39 is 0 Å². The van der Waals surface area contributed by atoms with E-state index in [4.69, 9.17) is 5.73 Å². The molecular weight excluding hydrogens is 208 g/mol. The molecule has 0 radical (unpaired) electrons. The van der Waals surface area contributed by atoms with E-state index in [9.17, 15) is 0 Å². The highest BCUT2D eigenvalue weighted by Crippen LogP contribution is 2.33. The molecule has 17 heavy (non-hydrogen) atoms. The summed E-state index contributed by atoms with van der Waals surface area (Å²) < 4.78 is 0. The van der Waals surface area contributed by atoms with E-state index in [0.29, 0.717) is 6.04 Å². The molecule has 2 unspecified atom stereocenters. The standard InChI is InChI=1S/C15H24N2/c1-11-8-9-15(13(16)10-11)17(3)14-7-5-4-6-12(14)2/h8-10,12,14H,4-7,16H2,1-3H3. The molecule has 1 aromatic carbocycles. The van der Waals surface area contributed by atoms with Gasteiger partial charge >= 0.3 is 0 Å². The molecule has 0 aromatic heterocycles. The molecule has 2 atom stereocenters. The average molecular weight is 232 g/mol. The number of rotatable bonds is 2. The average Bonchev–Trinajstić information content (AvgIpc) is 2.29. The molecule has 1 aromatic rings. The molecule has 0 amide bonds. The Morgan fingerprint density at radius 1 is 1.24 bits per heavy atom. The largest absolute Gasteiger partial charge is 0.397 e. The topological polar surface area (TPSA) is 29.3 Å². The Bertz CT molecular complexity index is 387. The first-order valence-corrected chi connectivity index (χ1v) is 6.68. The summed E-state index contributed by atoms with van der Waals surface area (Å²) in [6.07, 6.45) is 5.38. The van der Waals surface area contributed by atoms with Gasteiger partial charge in [-0.2, -0.15) is 0 Å². The minimum atomic E-state index is 0.647. The Balaban J connectivity index is 2.20. The van der Waals surface area contributed by atoms with Crippen LogP contribution < -0.4 is 10.6 Å². The lowest BCUT2D eigenvalue weighted by molar-refractivity contribution is 0.322. The SMILES string of the molecule is Cc1ccc(N(C)C2CCCCC2C)c(N)c1. The molecule has 1 saturated carbocycles. The molecule has 2 N–H and O–H groups in total. The first-order chi connectivity index (χ1) is 8.09. The van der Waals surface area contributed by atoms with Gasteiger partial charge in [-0.15, -0.1) is 0 Å². The highest BCUT2D eigenvalue weighted by atomic mass is 15.1. The van der Waals surface area contributed by atoms with Crippen LogP contribution in [0.2, 0.25) is 0 Å². The van der Waals surface area contributed by atoms with Gasteiger partial charge in [0.25, 0.3) is 0 Å². The Labute approximate surface area is 105 Å². The van der Waals surface area contributed by atoms with Crippen LogP contribution in [-0.2, 0) is 0 Å². The summed E-state index contributed by atoms with van der Waals surface area (Å²) >= 11 is 0. The van der Waals surface area contributed by atoms with E-state index in [1.807, 2.05) is 0 Å². The number of nitrogen functional groups attached to an aromatic ring is 1. The molecule has 1 aliphatic rings. The molecule has 0 saturated heterocycles. The van der Waals surface area contributed by atoms with Crippen LogP contribution in [-0.4, -0.2) is 13.1 Å². The van der Waals surface area contributed by atoms with E-state index >= 15 is 0 Å². The second-order valence-electron chi connectivity index (χ2n) is 5.50. The predicted molar refractivity (Wildman–Crippen MR) is 75.4 cm³/mol. The highest BCUT2D eigenvalue weighted by Gasteiger charge is 2.25. The number of nitrogens with two attached hydrogens (primary N) is 1. The predicted octanol–water partition coefficient (Wildman–Crippen LogP) is 3.59. The molecule has 1 aliphatic carbocycles. The van der Waals surface area contributed by atoms with Crippen molar-refractivity contribution in [2.45, 2.75) is 45.6 Å². The first-order valence-electron chi connectivity index (χ1n) is 6.68. The summed E-state index contributed by atoms with van der Waals surface area (Å²) in [5.74, 6) is 0.773. The zero-order chi connectivity index (χ0) is 12.4. The van der Waals surface area contributed by atoms with Crippen molar-refractivity contribution in [3.63, 3.8) is 0 Å². The fourth-order valence-corrected chi connectivity index (χ4v) is 3.05. The molecule has 1 fully saturated rings. The minimum absolute atomic E-state index is 0.647. The van der Waals surface area contributed by atoms with Crippen LogP contribution in [0.15, 0.2) is 18.2 Å². The van der Waals surface area contributed by atoms with Gasteiger partial charge in [0.05, 0.1) is 11.4 Å². The summed E-state index contributed by atoms with van der Waals surface area (Å²) in [5, 5.41) is 0. The molecule has 0 aliphatic heterocycles. The molecule has 0 bridgehead atoms. The maximum Gasteiger partial charge on any atom is 0.0600 e. The Kier molecular flexibility index (Phi) is 3.60. The second-order valence-corrected chi connectivity index (χ2v) is 5.50. The van der Waals surface area contributed by atoms with E-state index in [0.717, 1.165) is 11.6 Å². The Morgan fingerprint density at radius 2 is 1.94 bits per heavy atom. The van der Waals surface area contributed by atoms with Crippen LogP contribution in [0.25, 0.3) is 0 Å².